The second-order valence-corrected chi connectivity index (χ2v) is 5.05. The van der Waals surface area contributed by atoms with Gasteiger partial charge in [-0.3, -0.25) is 0 Å². The quantitative estimate of drug-likeness (QED) is 0.549. The Hall–Kier alpha value is -1.83. The number of urea groups is 1. The van der Waals surface area contributed by atoms with Gasteiger partial charge in [-0.1, -0.05) is 0 Å². The highest BCUT2D eigenvalue weighted by atomic mass is 19.4. The molecule has 0 aromatic heterocycles. The molecule has 1 saturated heterocycles. The number of halogens is 10. The summed E-state index contributed by atoms with van der Waals surface area (Å²) in [7, 11) is 0. The van der Waals surface area contributed by atoms with Crippen LogP contribution in [-0.4, -0.2) is 64.7 Å². The molecule has 0 N–H and O–H groups in total. The maximum Gasteiger partial charge on any atom is 0.384 e. The standard InChI is InChI=1S/C9H5F10N3O2/c10-5(11)3(21-1-2-22(20-24)4(21)23)6(12,13)8(16,17)9(18,19)7(5,14)15/h3H,1-2H2. The van der Waals surface area contributed by atoms with Crippen molar-refractivity contribution in [1.29, 1.82) is 0 Å². The normalized spacial score (nSPS) is 30.5. The van der Waals surface area contributed by atoms with Gasteiger partial charge in [0.05, 0.1) is 11.8 Å². The molecule has 138 valence electrons. The Morgan fingerprint density at radius 2 is 1.21 bits per heavy atom. The summed E-state index contributed by atoms with van der Waals surface area (Å²) in [4.78, 5) is 20.7. The Morgan fingerprint density at radius 1 is 0.792 bits per heavy atom. The molecule has 5 nitrogen and oxygen atoms in total. The minimum absolute atomic E-state index is 0.283. The number of rotatable bonds is 2. The molecule has 0 bridgehead atoms. The SMILES string of the molecule is O=NN1CCN(C2C(F)(F)C(F)(F)C(F)(F)C(F)(F)C2(F)F)C1=O. The zero-order valence-electron chi connectivity index (χ0n) is 10.9. The average Bonchev–Trinajstić information content (AvgIpc) is 2.77. The molecule has 0 unspecified atom stereocenters. The third-order valence-electron chi connectivity index (χ3n) is 3.74. The first kappa shape index (κ1) is 18.5. The van der Waals surface area contributed by atoms with Gasteiger partial charge in [0.15, 0.2) is 6.04 Å². The molecule has 1 saturated carbocycles. The van der Waals surface area contributed by atoms with Crippen LogP contribution in [0.2, 0.25) is 0 Å². The number of hydrogen-bond donors (Lipinski definition) is 0. The molecule has 1 aliphatic heterocycles. The lowest BCUT2D eigenvalue weighted by Crippen LogP contribution is -2.82. The molecular formula is C9H5F10N3O2. The molecule has 0 aromatic rings. The fraction of sp³-hybridized carbons (Fsp3) is 0.889. The molecule has 15 heteroatoms. The Labute approximate surface area is 125 Å². The van der Waals surface area contributed by atoms with Crippen LogP contribution < -0.4 is 0 Å². The van der Waals surface area contributed by atoms with E-state index < -0.39 is 59.7 Å². The Balaban J connectivity index is 2.66. The lowest BCUT2D eigenvalue weighted by Gasteiger charge is -2.51. The molecule has 0 atom stereocenters. The van der Waals surface area contributed by atoms with Crippen molar-refractivity contribution in [1.82, 2.24) is 9.91 Å². The molecule has 0 radical (unpaired) electrons. The molecule has 1 heterocycles. The predicted octanol–water partition coefficient (Wildman–Crippen LogP) is 2.96. The highest BCUT2D eigenvalue weighted by Gasteiger charge is 2.96. The van der Waals surface area contributed by atoms with Crippen LogP contribution in [0.5, 0.6) is 0 Å². The first-order valence-electron chi connectivity index (χ1n) is 5.89. The number of amides is 2. The number of nitroso groups, excluding NO2 is 1. The van der Waals surface area contributed by atoms with Crippen LogP contribution in [0.3, 0.4) is 0 Å². The van der Waals surface area contributed by atoms with E-state index in [1.54, 1.807) is 0 Å². The first-order valence-corrected chi connectivity index (χ1v) is 5.89. The molecule has 2 fully saturated rings. The van der Waals surface area contributed by atoms with Gasteiger partial charge in [0.2, 0.25) is 0 Å². The number of hydrogen-bond acceptors (Lipinski definition) is 3. The number of carbonyl (C=O) groups excluding carboxylic acids is 1. The number of alkyl halides is 10. The van der Waals surface area contributed by atoms with Crippen molar-refractivity contribution in [3.63, 3.8) is 0 Å². The largest absolute Gasteiger partial charge is 0.384 e. The third kappa shape index (κ3) is 1.75. The van der Waals surface area contributed by atoms with Crippen molar-refractivity contribution in [2.75, 3.05) is 13.1 Å². The highest BCUT2D eigenvalue weighted by molar-refractivity contribution is 5.77. The van der Waals surface area contributed by atoms with Crippen molar-refractivity contribution in [2.24, 2.45) is 5.29 Å². The molecule has 2 amide bonds. The molecule has 2 aliphatic rings. The van der Waals surface area contributed by atoms with E-state index in [-0.39, 0.29) is 5.01 Å². The van der Waals surface area contributed by atoms with Gasteiger partial charge in [0, 0.05) is 6.54 Å². The summed E-state index contributed by atoms with van der Waals surface area (Å²) < 4.78 is 134. The van der Waals surface area contributed by atoms with Crippen molar-refractivity contribution in [3.05, 3.63) is 4.91 Å². The Kier molecular flexibility index (Phi) is 3.56. The third-order valence-corrected chi connectivity index (χ3v) is 3.74. The van der Waals surface area contributed by atoms with Gasteiger partial charge in [-0.05, 0) is 0 Å². The molecule has 1 aliphatic carbocycles. The van der Waals surface area contributed by atoms with E-state index in [2.05, 4.69) is 0 Å². The van der Waals surface area contributed by atoms with E-state index in [4.69, 9.17) is 0 Å². The van der Waals surface area contributed by atoms with E-state index in [9.17, 15) is 53.6 Å². The Morgan fingerprint density at radius 3 is 1.54 bits per heavy atom. The van der Waals surface area contributed by atoms with Crippen molar-refractivity contribution in [3.8, 4) is 0 Å². The molecule has 0 spiro atoms. The summed E-state index contributed by atoms with van der Waals surface area (Å²) >= 11 is 0. The van der Waals surface area contributed by atoms with Gasteiger partial charge in [0.25, 0.3) is 0 Å². The first-order chi connectivity index (χ1) is 10.6. The predicted molar refractivity (Wildman–Crippen MR) is 53.1 cm³/mol. The van der Waals surface area contributed by atoms with Crippen molar-refractivity contribution < 1.29 is 48.7 Å². The fourth-order valence-corrected chi connectivity index (χ4v) is 2.44. The number of carbonyl (C=O) groups is 1. The minimum Gasteiger partial charge on any atom is -0.306 e. The van der Waals surface area contributed by atoms with Crippen LogP contribution in [0, 0.1) is 4.91 Å². The minimum atomic E-state index is -7.10. The van der Waals surface area contributed by atoms with Gasteiger partial charge in [0.1, 0.15) is 0 Å². The highest BCUT2D eigenvalue weighted by Crippen LogP contribution is 2.65. The lowest BCUT2D eigenvalue weighted by atomic mass is 9.78. The van der Waals surface area contributed by atoms with E-state index in [0.717, 1.165) is 0 Å². The summed E-state index contributed by atoms with van der Waals surface area (Å²) in [5.41, 5.74) is 0. The van der Waals surface area contributed by atoms with E-state index in [1.807, 2.05) is 5.29 Å². The van der Waals surface area contributed by atoms with Crippen LogP contribution in [0.4, 0.5) is 48.7 Å². The van der Waals surface area contributed by atoms with Gasteiger partial charge in [-0.15, -0.1) is 4.91 Å². The monoisotopic (exact) mass is 377 g/mol. The second-order valence-electron chi connectivity index (χ2n) is 5.05. The van der Waals surface area contributed by atoms with E-state index >= 15 is 0 Å². The van der Waals surface area contributed by atoms with Crippen LogP contribution >= 0.6 is 0 Å². The van der Waals surface area contributed by atoms with Crippen LogP contribution in [-0.2, 0) is 0 Å². The van der Waals surface area contributed by atoms with Crippen molar-refractivity contribution in [2.45, 2.75) is 35.7 Å². The maximum atomic E-state index is 13.7. The fourth-order valence-electron chi connectivity index (χ4n) is 2.44. The van der Waals surface area contributed by atoms with Gasteiger partial charge in [-0.2, -0.15) is 48.9 Å². The summed E-state index contributed by atoms with van der Waals surface area (Å²) in [6.07, 6.45) is 0. The van der Waals surface area contributed by atoms with Crippen LogP contribution in [0.15, 0.2) is 5.29 Å². The van der Waals surface area contributed by atoms with Crippen LogP contribution in [0.1, 0.15) is 0 Å². The zero-order valence-corrected chi connectivity index (χ0v) is 10.9. The van der Waals surface area contributed by atoms with E-state index in [0.29, 0.717) is 0 Å². The van der Waals surface area contributed by atoms with Crippen molar-refractivity contribution >= 4 is 6.03 Å². The summed E-state index contributed by atoms with van der Waals surface area (Å²) in [5, 5.41) is 1.61. The molecule has 2 rings (SSSR count). The van der Waals surface area contributed by atoms with E-state index in [1.165, 1.54) is 0 Å². The Bertz CT molecular complexity index is 550. The lowest BCUT2D eigenvalue weighted by molar-refractivity contribution is -0.458. The van der Waals surface area contributed by atoms with Crippen LogP contribution in [0.25, 0.3) is 0 Å². The maximum absolute atomic E-state index is 13.7. The smallest absolute Gasteiger partial charge is 0.306 e. The molecular weight excluding hydrogens is 372 g/mol. The molecule has 0 aromatic carbocycles. The van der Waals surface area contributed by atoms with Gasteiger partial charge in [-0.25, -0.2) is 4.79 Å². The molecule has 24 heavy (non-hydrogen) atoms. The van der Waals surface area contributed by atoms with Gasteiger partial charge < -0.3 is 4.90 Å². The summed E-state index contributed by atoms with van der Waals surface area (Å²) in [6, 6.07) is -6.74. The topological polar surface area (TPSA) is 53.0 Å². The van der Waals surface area contributed by atoms with Gasteiger partial charge >= 0.3 is 35.6 Å². The second kappa shape index (κ2) is 4.62. The summed E-state index contributed by atoms with van der Waals surface area (Å²) in [6.45, 7) is -2.27. The summed E-state index contributed by atoms with van der Waals surface area (Å²) in [5.74, 6) is -33.8. The number of nitrogens with zero attached hydrogens (tertiary/aromatic N) is 3. The zero-order chi connectivity index (χ0) is 18.9. The average molecular weight is 377 g/mol.